The number of methoxy groups -OCH3 is 1. The molecule has 1 heterocycles. The molecule has 5 nitrogen and oxygen atoms in total. The predicted molar refractivity (Wildman–Crippen MR) is 78.6 cm³/mol. The minimum Gasteiger partial charge on any atom is -0.382 e. The summed E-state index contributed by atoms with van der Waals surface area (Å²) in [5.74, 6) is 0.514. The number of rotatable bonds is 4. The van der Waals surface area contributed by atoms with Crippen molar-refractivity contribution < 1.29 is 9.84 Å². The van der Waals surface area contributed by atoms with E-state index in [1.807, 2.05) is 30.3 Å². The van der Waals surface area contributed by atoms with Crippen LogP contribution in [0.4, 0.5) is 0 Å². The lowest BCUT2D eigenvalue weighted by Crippen LogP contribution is -2.30. The first-order chi connectivity index (χ1) is 10.2. The van der Waals surface area contributed by atoms with Crippen LogP contribution in [-0.4, -0.2) is 27.0 Å². The number of ether oxygens (including phenoxy) is 1. The SMILES string of the molecule is COC(c1ccccc1)n1cnc(C2(O)CCCCC2)n1. The number of benzene rings is 1. The second-order valence-electron chi connectivity index (χ2n) is 5.64. The molecule has 0 bridgehead atoms. The topological polar surface area (TPSA) is 60.2 Å². The van der Waals surface area contributed by atoms with Gasteiger partial charge in [-0.2, -0.15) is 5.10 Å². The molecule has 5 heteroatoms. The number of nitrogens with zero attached hydrogens (tertiary/aromatic N) is 3. The second-order valence-corrected chi connectivity index (χ2v) is 5.64. The first-order valence-corrected chi connectivity index (χ1v) is 7.45. The summed E-state index contributed by atoms with van der Waals surface area (Å²) in [6.45, 7) is 0. The molecule has 1 aliphatic carbocycles. The number of aromatic nitrogens is 3. The Morgan fingerprint density at radius 1 is 1.19 bits per heavy atom. The van der Waals surface area contributed by atoms with Crippen LogP contribution in [0.25, 0.3) is 0 Å². The second kappa shape index (κ2) is 5.95. The van der Waals surface area contributed by atoms with Gasteiger partial charge < -0.3 is 9.84 Å². The predicted octanol–water partition coefficient (Wildman–Crippen LogP) is 2.62. The fraction of sp³-hybridized carbons (Fsp3) is 0.500. The summed E-state index contributed by atoms with van der Waals surface area (Å²) in [6.07, 6.45) is 6.02. The van der Waals surface area contributed by atoms with E-state index in [0.717, 1.165) is 31.2 Å². The highest BCUT2D eigenvalue weighted by Gasteiger charge is 2.35. The maximum absolute atomic E-state index is 10.7. The highest BCUT2D eigenvalue weighted by molar-refractivity contribution is 5.17. The Kier molecular flexibility index (Phi) is 4.03. The molecule has 1 N–H and O–H groups in total. The van der Waals surface area contributed by atoms with E-state index in [4.69, 9.17) is 4.74 Å². The van der Waals surface area contributed by atoms with Crippen molar-refractivity contribution in [3.05, 3.63) is 48.0 Å². The molecule has 21 heavy (non-hydrogen) atoms. The van der Waals surface area contributed by atoms with Crippen molar-refractivity contribution in [2.24, 2.45) is 0 Å². The molecule has 0 saturated heterocycles. The van der Waals surface area contributed by atoms with Crippen molar-refractivity contribution in [2.75, 3.05) is 7.11 Å². The van der Waals surface area contributed by atoms with Gasteiger partial charge in [0.15, 0.2) is 12.1 Å². The van der Waals surface area contributed by atoms with Crippen molar-refractivity contribution in [1.29, 1.82) is 0 Å². The van der Waals surface area contributed by atoms with E-state index < -0.39 is 5.60 Å². The Morgan fingerprint density at radius 3 is 2.57 bits per heavy atom. The van der Waals surface area contributed by atoms with Gasteiger partial charge in [-0.05, 0) is 12.8 Å². The minimum absolute atomic E-state index is 0.320. The molecule has 1 aliphatic rings. The lowest BCUT2D eigenvalue weighted by molar-refractivity contribution is -0.0105. The quantitative estimate of drug-likeness (QED) is 0.939. The van der Waals surface area contributed by atoms with E-state index in [-0.39, 0.29) is 6.23 Å². The molecule has 1 aromatic carbocycles. The van der Waals surface area contributed by atoms with Crippen molar-refractivity contribution in [3.63, 3.8) is 0 Å². The Morgan fingerprint density at radius 2 is 1.90 bits per heavy atom. The maximum atomic E-state index is 10.7. The van der Waals surface area contributed by atoms with E-state index in [9.17, 15) is 5.11 Å². The zero-order chi connectivity index (χ0) is 14.7. The van der Waals surface area contributed by atoms with Crippen molar-refractivity contribution in [3.8, 4) is 0 Å². The van der Waals surface area contributed by atoms with E-state index in [0.29, 0.717) is 5.82 Å². The van der Waals surface area contributed by atoms with Gasteiger partial charge in [0.2, 0.25) is 0 Å². The zero-order valence-corrected chi connectivity index (χ0v) is 12.3. The summed E-state index contributed by atoms with van der Waals surface area (Å²) in [6, 6.07) is 9.88. The molecule has 0 amide bonds. The van der Waals surface area contributed by atoms with Crippen LogP contribution in [0.5, 0.6) is 0 Å². The van der Waals surface area contributed by atoms with Crippen LogP contribution in [0.2, 0.25) is 0 Å². The van der Waals surface area contributed by atoms with Gasteiger partial charge in [0, 0.05) is 12.7 Å². The van der Waals surface area contributed by atoms with Crippen molar-refractivity contribution in [2.45, 2.75) is 43.9 Å². The summed E-state index contributed by atoms with van der Waals surface area (Å²) in [5.41, 5.74) is 0.130. The van der Waals surface area contributed by atoms with Crippen molar-refractivity contribution in [1.82, 2.24) is 14.8 Å². The molecule has 2 aromatic rings. The average Bonchev–Trinajstić information content (AvgIpc) is 3.00. The number of hydrogen-bond donors (Lipinski definition) is 1. The van der Waals surface area contributed by atoms with Gasteiger partial charge in [-0.3, -0.25) is 0 Å². The normalized spacial score (nSPS) is 19.3. The summed E-state index contributed by atoms with van der Waals surface area (Å²) < 4.78 is 7.21. The zero-order valence-electron chi connectivity index (χ0n) is 12.3. The molecule has 112 valence electrons. The largest absolute Gasteiger partial charge is 0.382 e. The first kappa shape index (κ1) is 14.2. The fourth-order valence-corrected chi connectivity index (χ4v) is 2.98. The highest BCUT2D eigenvalue weighted by Crippen LogP contribution is 2.35. The Labute approximate surface area is 124 Å². The average molecular weight is 287 g/mol. The number of aliphatic hydroxyl groups is 1. The first-order valence-electron chi connectivity index (χ1n) is 7.45. The Balaban J connectivity index is 1.86. The monoisotopic (exact) mass is 287 g/mol. The third-order valence-electron chi connectivity index (χ3n) is 4.15. The van der Waals surface area contributed by atoms with E-state index >= 15 is 0 Å². The highest BCUT2D eigenvalue weighted by atomic mass is 16.5. The van der Waals surface area contributed by atoms with E-state index in [1.54, 1.807) is 18.1 Å². The molecule has 1 saturated carbocycles. The third-order valence-corrected chi connectivity index (χ3v) is 4.15. The van der Waals surface area contributed by atoms with Crippen LogP contribution in [0, 0.1) is 0 Å². The Bertz CT molecular complexity index is 576. The van der Waals surface area contributed by atoms with Crippen LogP contribution in [-0.2, 0) is 10.3 Å². The molecular formula is C16H21N3O2. The summed E-state index contributed by atoms with van der Waals surface area (Å²) in [5, 5.41) is 15.2. The number of hydrogen-bond acceptors (Lipinski definition) is 4. The smallest absolute Gasteiger partial charge is 0.182 e. The molecule has 1 fully saturated rings. The third kappa shape index (κ3) is 2.84. The van der Waals surface area contributed by atoms with Crippen LogP contribution >= 0.6 is 0 Å². The molecule has 1 aromatic heterocycles. The Hall–Kier alpha value is -1.72. The van der Waals surface area contributed by atoms with Crippen LogP contribution in [0.15, 0.2) is 36.7 Å². The van der Waals surface area contributed by atoms with Crippen LogP contribution in [0.3, 0.4) is 0 Å². The summed E-state index contributed by atoms with van der Waals surface area (Å²) in [7, 11) is 1.65. The van der Waals surface area contributed by atoms with Gasteiger partial charge in [-0.25, -0.2) is 9.67 Å². The van der Waals surface area contributed by atoms with Gasteiger partial charge in [0.1, 0.15) is 11.9 Å². The van der Waals surface area contributed by atoms with Gasteiger partial charge in [0.05, 0.1) is 0 Å². The molecule has 1 atom stereocenters. The van der Waals surface area contributed by atoms with Crippen LogP contribution in [0.1, 0.15) is 49.7 Å². The molecule has 1 unspecified atom stereocenters. The summed E-state index contributed by atoms with van der Waals surface area (Å²) in [4.78, 5) is 4.33. The van der Waals surface area contributed by atoms with E-state index in [1.165, 1.54) is 6.42 Å². The molecule has 0 spiro atoms. The van der Waals surface area contributed by atoms with E-state index in [2.05, 4.69) is 10.1 Å². The van der Waals surface area contributed by atoms with Gasteiger partial charge in [0.25, 0.3) is 0 Å². The van der Waals surface area contributed by atoms with Gasteiger partial charge in [-0.15, -0.1) is 0 Å². The molecule has 0 radical (unpaired) electrons. The van der Waals surface area contributed by atoms with Gasteiger partial charge >= 0.3 is 0 Å². The lowest BCUT2D eigenvalue weighted by atomic mass is 9.84. The maximum Gasteiger partial charge on any atom is 0.182 e. The van der Waals surface area contributed by atoms with Crippen molar-refractivity contribution >= 4 is 0 Å². The van der Waals surface area contributed by atoms with Gasteiger partial charge in [-0.1, -0.05) is 49.6 Å². The lowest BCUT2D eigenvalue weighted by Gasteiger charge is -2.29. The minimum atomic E-state index is -0.877. The standard InChI is InChI=1S/C16H21N3O2/c1-21-14(13-8-4-2-5-9-13)19-12-17-15(18-19)16(20)10-6-3-7-11-16/h2,4-5,8-9,12,14,20H,3,6-7,10-11H2,1H3. The fourth-order valence-electron chi connectivity index (χ4n) is 2.98. The molecule has 3 rings (SSSR count). The molecular weight excluding hydrogens is 266 g/mol. The van der Waals surface area contributed by atoms with Crippen LogP contribution < -0.4 is 0 Å². The molecule has 0 aliphatic heterocycles. The summed E-state index contributed by atoms with van der Waals surface area (Å²) >= 11 is 0.